The first-order valence-electron chi connectivity index (χ1n) is 8.98. The summed E-state index contributed by atoms with van der Waals surface area (Å²) in [5, 5.41) is 0. The molecule has 10 heteroatoms. The molecule has 0 aromatic heterocycles. The maximum absolute atomic E-state index is 13.2. The molecule has 1 saturated carbocycles. The Hall–Kier alpha value is 1.30. The van der Waals surface area contributed by atoms with E-state index < -0.39 is 18.6 Å². The van der Waals surface area contributed by atoms with E-state index in [1.54, 1.807) is 0 Å². The molecular weight excluding hydrogens is 760 g/mol. The molecule has 4 nitrogen and oxygen atoms in total. The molecule has 0 N–H and O–H groups in total. The minimum atomic E-state index is -1.22. The van der Waals surface area contributed by atoms with Crippen LogP contribution in [0.4, 0.5) is 0 Å². The highest BCUT2D eigenvalue weighted by Crippen LogP contribution is 2.85. The summed E-state index contributed by atoms with van der Waals surface area (Å²) >= 11 is 21.8. The summed E-state index contributed by atoms with van der Waals surface area (Å²) in [6.07, 6.45) is 4.69. The van der Waals surface area contributed by atoms with Gasteiger partial charge in [-0.2, -0.15) is 0 Å². The molecule has 3 aliphatic rings. The number of ether oxygens (including phenoxy) is 2. The topological polar surface area (TPSA) is 52.6 Å². The molecule has 2 aliphatic heterocycles. The number of alkyl halides is 3. The zero-order valence-electron chi connectivity index (χ0n) is 15.1. The van der Waals surface area contributed by atoms with Gasteiger partial charge in [-0.25, -0.2) is 4.79 Å². The van der Waals surface area contributed by atoms with Crippen LogP contribution < -0.4 is 0 Å². The number of fused-ring (bicyclic) bond motifs is 2. The van der Waals surface area contributed by atoms with Crippen molar-refractivity contribution in [2.75, 3.05) is 0 Å². The van der Waals surface area contributed by atoms with Gasteiger partial charge in [0.15, 0.2) is 15.7 Å². The average Bonchev–Trinajstić information content (AvgIpc) is 3.01. The van der Waals surface area contributed by atoms with Crippen LogP contribution in [-0.4, -0.2) is 25.1 Å². The molecule has 2 fully saturated rings. The number of carbonyl (C=O) groups is 2. The number of rotatable bonds is 6. The molecule has 1 saturated heterocycles. The van der Waals surface area contributed by atoms with Crippen LogP contribution in [0.2, 0.25) is 0 Å². The van der Waals surface area contributed by atoms with Crippen molar-refractivity contribution in [1.29, 1.82) is 0 Å². The second-order valence-electron chi connectivity index (χ2n) is 7.19. The Balaban J connectivity index is 2.27. The Morgan fingerprint density at radius 3 is 2.18 bits per heavy atom. The van der Waals surface area contributed by atoms with E-state index in [2.05, 4.69) is 109 Å². The molecule has 2 heterocycles. The van der Waals surface area contributed by atoms with E-state index in [0.29, 0.717) is 32.0 Å². The molecule has 156 valence electrons. The van der Waals surface area contributed by atoms with Crippen molar-refractivity contribution in [1.82, 2.24) is 0 Å². The van der Waals surface area contributed by atoms with E-state index in [1.807, 2.05) is 0 Å². The summed E-state index contributed by atoms with van der Waals surface area (Å²) in [5.41, 5.74) is -1.64. The first-order chi connectivity index (χ1) is 13.0. The van der Waals surface area contributed by atoms with Gasteiger partial charge in [-0.05, 0) is 51.1 Å². The quantitative estimate of drug-likeness (QED) is 0.208. The van der Waals surface area contributed by atoms with Crippen LogP contribution >= 0.6 is 95.6 Å². The Bertz CT molecular complexity index is 802. The number of hydrogen-bond acceptors (Lipinski definition) is 4. The molecular formula is C18H18Br6O4. The lowest BCUT2D eigenvalue weighted by atomic mass is 9.49. The van der Waals surface area contributed by atoms with Gasteiger partial charge in [0.25, 0.3) is 0 Å². The number of halogens is 6. The lowest BCUT2D eigenvalue weighted by Gasteiger charge is -2.68. The van der Waals surface area contributed by atoms with E-state index in [-0.39, 0.29) is 11.9 Å². The zero-order valence-corrected chi connectivity index (χ0v) is 24.7. The maximum Gasteiger partial charge on any atom is 0.336 e. The third kappa shape index (κ3) is 2.60. The Kier molecular flexibility index (Phi) is 6.86. The van der Waals surface area contributed by atoms with Crippen molar-refractivity contribution in [3.63, 3.8) is 0 Å². The number of esters is 2. The Labute approximate surface area is 214 Å². The van der Waals surface area contributed by atoms with Crippen molar-refractivity contribution in [3.05, 3.63) is 19.2 Å². The fourth-order valence-electron chi connectivity index (χ4n) is 4.42. The van der Waals surface area contributed by atoms with E-state index in [0.717, 1.165) is 25.7 Å². The Morgan fingerprint density at radius 2 is 1.64 bits per heavy atom. The summed E-state index contributed by atoms with van der Waals surface area (Å²) in [7, 11) is 0. The molecule has 28 heavy (non-hydrogen) atoms. The van der Waals surface area contributed by atoms with Gasteiger partial charge in [-0.15, -0.1) is 0 Å². The molecule has 0 bridgehead atoms. The van der Waals surface area contributed by atoms with Crippen molar-refractivity contribution in [2.24, 2.45) is 5.41 Å². The Morgan fingerprint density at radius 1 is 1.04 bits per heavy atom. The minimum Gasteiger partial charge on any atom is -0.446 e. The second kappa shape index (κ2) is 8.01. The molecule has 3 atom stereocenters. The van der Waals surface area contributed by atoms with Crippen LogP contribution in [0.1, 0.15) is 52.4 Å². The average molecular weight is 778 g/mol. The SMILES string of the molecule is CCCCC1=C(Br)[C@]2(OC1=O)C(Br)(Br)[C@]1(CCCC)C(=O)OC(=C(Br)Br)[C@@]12Br. The maximum atomic E-state index is 13.2. The highest BCUT2D eigenvalue weighted by atomic mass is 79.9. The van der Waals surface area contributed by atoms with Crippen molar-refractivity contribution >= 4 is 108 Å². The summed E-state index contributed by atoms with van der Waals surface area (Å²) in [5.74, 6) is -0.387. The molecule has 1 spiro atoms. The first-order valence-corrected chi connectivity index (χ1v) is 13.7. The third-order valence-electron chi connectivity index (χ3n) is 5.83. The third-order valence-corrected chi connectivity index (χ3v) is 11.7. The monoisotopic (exact) mass is 772 g/mol. The summed E-state index contributed by atoms with van der Waals surface area (Å²) in [6, 6.07) is 0. The second-order valence-corrected chi connectivity index (χ2v) is 15.3. The highest BCUT2D eigenvalue weighted by molar-refractivity contribution is 9.28. The predicted molar refractivity (Wildman–Crippen MR) is 129 cm³/mol. The van der Waals surface area contributed by atoms with Gasteiger partial charge in [-0.3, -0.25) is 4.79 Å². The number of carbonyl (C=O) groups excluding carboxylic acids is 2. The first kappa shape index (κ1) is 24.0. The van der Waals surface area contributed by atoms with Gasteiger partial charge in [0.1, 0.15) is 12.0 Å². The predicted octanol–water partition coefficient (Wildman–Crippen LogP) is 7.45. The number of unbranched alkanes of at least 4 members (excludes halogenated alkanes) is 2. The summed E-state index contributed by atoms with van der Waals surface area (Å²) in [6.45, 7) is 4.14. The van der Waals surface area contributed by atoms with Gasteiger partial charge in [0, 0.05) is 0 Å². The van der Waals surface area contributed by atoms with Crippen LogP contribution in [0.25, 0.3) is 0 Å². The van der Waals surface area contributed by atoms with Crippen molar-refractivity contribution in [2.45, 2.75) is 65.5 Å². The standard InChI is InChI=1S/C18H18Br6O4/c1-3-5-7-9-10(19)17(28-13(9)25)16(22)11(12(20)21)27-14(26)15(16,8-6-4-2)18(17,23)24/h3-8H2,1-2H3/t15-,16-,17-/m1/s1. The number of cyclic esters (lactones) is 1. The van der Waals surface area contributed by atoms with Crippen molar-refractivity contribution < 1.29 is 19.1 Å². The molecule has 0 radical (unpaired) electrons. The van der Waals surface area contributed by atoms with Gasteiger partial charge < -0.3 is 9.47 Å². The minimum absolute atomic E-state index is 0.365. The molecule has 0 aromatic carbocycles. The smallest absolute Gasteiger partial charge is 0.336 e. The van der Waals surface area contributed by atoms with Gasteiger partial charge in [0.2, 0.25) is 0 Å². The van der Waals surface area contributed by atoms with Crippen LogP contribution in [0, 0.1) is 5.41 Å². The van der Waals surface area contributed by atoms with E-state index >= 15 is 0 Å². The fraction of sp³-hybridized carbons (Fsp3) is 0.667. The molecule has 1 aliphatic carbocycles. The zero-order chi connectivity index (χ0) is 21.1. The highest BCUT2D eigenvalue weighted by Gasteiger charge is 2.97. The van der Waals surface area contributed by atoms with E-state index in [1.165, 1.54) is 0 Å². The van der Waals surface area contributed by atoms with E-state index in [4.69, 9.17) is 9.47 Å². The largest absolute Gasteiger partial charge is 0.446 e. The van der Waals surface area contributed by atoms with Crippen LogP contribution in [-0.2, 0) is 19.1 Å². The number of hydrogen-bond donors (Lipinski definition) is 0. The summed E-state index contributed by atoms with van der Waals surface area (Å²) in [4.78, 5) is 26.1. The lowest BCUT2D eigenvalue weighted by molar-refractivity contribution is -0.179. The summed E-state index contributed by atoms with van der Waals surface area (Å²) < 4.78 is 10.8. The molecule has 0 aromatic rings. The van der Waals surface area contributed by atoms with Crippen molar-refractivity contribution in [3.8, 4) is 0 Å². The fourth-order valence-corrected chi connectivity index (χ4v) is 12.6. The van der Waals surface area contributed by atoms with Crippen LogP contribution in [0.15, 0.2) is 19.2 Å². The van der Waals surface area contributed by atoms with Crippen LogP contribution in [0.5, 0.6) is 0 Å². The molecule has 0 amide bonds. The van der Waals surface area contributed by atoms with Gasteiger partial charge in [-0.1, -0.05) is 96.8 Å². The van der Waals surface area contributed by atoms with E-state index in [9.17, 15) is 9.59 Å². The lowest BCUT2D eigenvalue weighted by Crippen LogP contribution is -2.85. The van der Waals surface area contributed by atoms with Gasteiger partial charge in [0.05, 0.1) is 10.1 Å². The molecule has 0 unspecified atom stereocenters. The normalized spacial score (nSPS) is 35.8. The van der Waals surface area contributed by atoms with Gasteiger partial charge >= 0.3 is 11.9 Å². The van der Waals surface area contributed by atoms with Crippen LogP contribution in [0.3, 0.4) is 0 Å². The molecule has 3 rings (SSSR count).